The van der Waals surface area contributed by atoms with Gasteiger partial charge in [0.25, 0.3) is 0 Å². The Morgan fingerprint density at radius 2 is 1.94 bits per heavy atom. The molecule has 6 nitrogen and oxygen atoms in total. The lowest BCUT2D eigenvalue weighted by Crippen LogP contribution is -2.30. The van der Waals surface area contributed by atoms with Crippen molar-refractivity contribution in [3.05, 3.63) is 15.8 Å². The number of piperidine rings is 1. The van der Waals surface area contributed by atoms with Gasteiger partial charge in [0.05, 0.1) is 4.92 Å². The van der Waals surface area contributed by atoms with Crippen molar-refractivity contribution in [2.45, 2.75) is 24.1 Å². The molecule has 2 heterocycles. The lowest BCUT2D eigenvalue weighted by molar-refractivity contribution is -0.384. The van der Waals surface area contributed by atoms with E-state index in [-0.39, 0.29) is 11.4 Å². The number of aromatic nitrogens is 2. The predicted molar refractivity (Wildman–Crippen MR) is 70.4 cm³/mol. The summed E-state index contributed by atoms with van der Waals surface area (Å²) in [6, 6.07) is 0. The lowest BCUT2D eigenvalue weighted by Gasteiger charge is -2.25. The molecule has 1 aromatic heterocycles. The van der Waals surface area contributed by atoms with E-state index in [4.69, 9.17) is 23.2 Å². The van der Waals surface area contributed by atoms with Crippen LogP contribution in [-0.4, -0.2) is 27.8 Å². The number of anilines is 1. The average Bonchev–Trinajstić information content (AvgIpc) is 2.68. The minimum atomic E-state index is -0.957. The maximum Gasteiger partial charge on any atom is 0.336 e. The Labute approximate surface area is 115 Å². The lowest BCUT2D eigenvalue weighted by atomic mass is 10.1. The van der Waals surface area contributed by atoms with E-state index in [0.29, 0.717) is 5.82 Å². The Kier molecular flexibility index (Phi) is 3.97. The first-order valence-corrected chi connectivity index (χ1v) is 6.64. The number of hydrogen-bond acceptors (Lipinski definition) is 4. The highest BCUT2D eigenvalue weighted by atomic mass is 35.5. The normalized spacial score (nSPS) is 16.3. The first-order chi connectivity index (χ1) is 8.52. The average molecular weight is 293 g/mol. The van der Waals surface area contributed by atoms with Gasteiger partial charge in [-0.3, -0.25) is 14.8 Å². The van der Waals surface area contributed by atoms with Crippen molar-refractivity contribution in [3.8, 4) is 0 Å². The summed E-state index contributed by atoms with van der Waals surface area (Å²) in [5, 5.41) is 15.4. The van der Waals surface area contributed by atoms with Crippen molar-refractivity contribution >= 4 is 34.7 Å². The fourth-order valence-electron chi connectivity index (χ4n) is 2.25. The highest BCUT2D eigenvalue weighted by Gasteiger charge is 2.33. The second kappa shape index (κ2) is 5.32. The van der Waals surface area contributed by atoms with Crippen molar-refractivity contribution < 1.29 is 4.92 Å². The quantitative estimate of drug-likeness (QED) is 0.488. The van der Waals surface area contributed by atoms with Gasteiger partial charge in [0.2, 0.25) is 5.82 Å². The van der Waals surface area contributed by atoms with Gasteiger partial charge in [0.1, 0.15) is 0 Å². The van der Waals surface area contributed by atoms with Crippen LogP contribution in [0.4, 0.5) is 11.5 Å². The van der Waals surface area contributed by atoms with Crippen molar-refractivity contribution in [1.82, 2.24) is 9.78 Å². The Bertz CT molecular complexity index is 455. The van der Waals surface area contributed by atoms with E-state index < -0.39 is 9.76 Å². The molecular weight excluding hydrogens is 279 g/mol. The van der Waals surface area contributed by atoms with Crippen LogP contribution >= 0.6 is 23.2 Å². The van der Waals surface area contributed by atoms with Crippen molar-refractivity contribution in [1.29, 1.82) is 0 Å². The third-order valence-electron chi connectivity index (χ3n) is 3.09. The van der Waals surface area contributed by atoms with Gasteiger partial charge in [-0.1, -0.05) is 23.2 Å². The summed E-state index contributed by atoms with van der Waals surface area (Å²) >= 11 is 11.6. The minimum Gasteiger partial charge on any atom is -0.349 e. The van der Waals surface area contributed by atoms with Crippen LogP contribution in [0.15, 0.2) is 0 Å². The second-order valence-corrected chi connectivity index (χ2v) is 5.38. The number of alkyl halides is 2. The summed E-state index contributed by atoms with van der Waals surface area (Å²) < 4.78 is 1.40. The number of hydrogen-bond donors (Lipinski definition) is 0. The number of nitro groups is 1. The molecule has 1 aromatic rings. The first-order valence-electron chi connectivity index (χ1n) is 5.76. The van der Waals surface area contributed by atoms with Gasteiger partial charge in [-0.05, 0) is 19.3 Å². The zero-order valence-corrected chi connectivity index (χ0v) is 11.5. The van der Waals surface area contributed by atoms with Crippen molar-refractivity contribution in [2.24, 2.45) is 7.05 Å². The maximum atomic E-state index is 11.2. The molecular formula is C10H14Cl2N4O2. The van der Waals surface area contributed by atoms with Crippen LogP contribution in [0.3, 0.4) is 0 Å². The van der Waals surface area contributed by atoms with Crippen LogP contribution in [0.2, 0.25) is 0 Å². The third kappa shape index (κ3) is 2.40. The summed E-state index contributed by atoms with van der Waals surface area (Å²) in [5.41, 5.74) is 0.165. The molecule has 1 aliphatic rings. The SMILES string of the molecule is Cn1nc(N2CCCCC2)c([N+](=O)[O-])c1C(Cl)Cl. The minimum absolute atomic E-state index is 0.0746. The zero-order valence-electron chi connectivity index (χ0n) is 9.97. The van der Waals surface area contributed by atoms with Crippen LogP contribution in [0.5, 0.6) is 0 Å². The molecule has 0 unspecified atom stereocenters. The molecule has 0 spiro atoms. The summed E-state index contributed by atoms with van der Waals surface area (Å²) in [6.07, 6.45) is 3.19. The van der Waals surface area contributed by atoms with Crippen LogP contribution in [0, 0.1) is 10.1 Å². The van der Waals surface area contributed by atoms with E-state index in [0.717, 1.165) is 32.4 Å². The van der Waals surface area contributed by atoms with Crippen molar-refractivity contribution in [3.63, 3.8) is 0 Å². The van der Waals surface area contributed by atoms with Crippen LogP contribution in [-0.2, 0) is 7.05 Å². The van der Waals surface area contributed by atoms with E-state index in [1.54, 1.807) is 7.05 Å². The fraction of sp³-hybridized carbons (Fsp3) is 0.700. The smallest absolute Gasteiger partial charge is 0.336 e. The fourth-order valence-corrected chi connectivity index (χ4v) is 2.74. The van der Waals surface area contributed by atoms with Gasteiger partial charge in [0.15, 0.2) is 10.5 Å². The molecule has 0 radical (unpaired) electrons. The Morgan fingerprint density at radius 1 is 1.33 bits per heavy atom. The zero-order chi connectivity index (χ0) is 13.3. The van der Waals surface area contributed by atoms with E-state index in [9.17, 15) is 10.1 Å². The van der Waals surface area contributed by atoms with Gasteiger partial charge in [-0.2, -0.15) is 0 Å². The Morgan fingerprint density at radius 3 is 2.44 bits per heavy atom. The monoisotopic (exact) mass is 292 g/mol. The Hall–Kier alpha value is -1.01. The second-order valence-electron chi connectivity index (χ2n) is 4.29. The molecule has 0 N–H and O–H groups in total. The van der Waals surface area contributed by atoms with Gasteiger partial charge < -0.3 is 4.90 Å². The molecule has 0 amide bonds. The molecule has 2 rings (SSSR count). The van der Waals surface area contributed by atoms with Gasteiger partial charge in [-0.25, -0.2) is 0 Å². The van der Waals surface area contributed by atoms with Crippen LogP contribution < -0.4 is 4.90 Å². The molecule has 0 aromatic carbocycles. The van der Waals surface area contributed by atoms with Gasteiger partial charge >= 0.3 is 5.69 Å². The molecule has 1 aliphatic heterocycles. The third-order valence-corrected chi connectivity index (χ3v) is 3.51. The summed E-state index contributed by atoms with van der Waals surface area (Å²) in [6.45, 7) is 1.57. The molecule has 0 saturated carbocycles. The van der Waals surface area contributed by atoms with E-state index in [1.807, 2.05) is 4.90 Å². The molecule has 8 heteroatoms. The number of halogens is 2. The number of nitrogens with zero attached hydrogens (tertiary/aromatic N) is 4. The van der Waals surface area contributed by atoms with Gasteiger partial charge in [0, 0.05) is 20.1 Å². The standard InChI is InChI=1S/C10H14Cl2N4O2/c1-14-7(9(11)12)8(16(17)18)10(13-14)15-5-3-2-4-6-15/h9H,2-6H2,1H3. The summed E-state index contributed by atoms with van der Waals surface area (Å²) in [4.78, 5) is 11.7. The number of rotatable bonds is 3. The summed E-state index contributed by atoms with van der Waals surface area (Å²) in [5.74, 6) is 0.378. The molecule has 0 atom stereocenters. The van der Waals surface area contributed by atoms with E-state index >= 15 is 0 Å². The van der Waals surface area contributed by atoms with Crippen molar-refractivity contribution in [2.75, 3.05) is 18.0 Å². The molecule has 0 bridgehead atoms. The number of aryl methyl sites for hydroxylation is 1. The van der Waals surface area contributed by atoms with Gasteiger partial charge in [-0.15, -0.1) is 5.10 Å². The molecule has 100 valence electrons. The largest absolute Gasteiger partial charge is 0.349 e. The molecule has 0 aliphatic carbocycles. The molecule has 1 saturated heterocycles. The highest BCUT2D eigenvalue weighted by Crippen LogP contribution is 2.39. The maximum absolute atomic E-state index is 11.2. The van der Waals surface area contributed by atoms with E-state index in [2.05, 4.69) is 5.10 Å². The topological polar surface area (TPSA) is 64.2 Å². The van der Waals surface area contributed by atoms with Crippen LogP contribution in [0.25, 0.3) is 0 Å². The highest BCUT2D eigenvalue weighted by molar-refractivity contribution is 6.44. The Balaban J connectivity index is 2.46. The van der Waals surface area contributed by atoms with E-state index in [1.165, 1.54) is 4.68 Å². The molecule has 1 fully saturated rings. The predicted octanol–water partition coefficient (Wildman–Crippen LogP) is 2.79. The molecule has 18 heavy (non-hydrogen) atoms. The van der Waals surface area contributed by atoms with Crippen LogP contribution in [0.1, 0.15) is 29.8 Å². The first kappa shape index (κ1) is 13.4. The summed E-state index contributed by atoms with van der Waals surface area (Å²) in [7, 11) is 1.62.